The molecule has 0 aliphatic rings. The number of allylic oxidation sites excluding steroid dienone is 2. The first-order valence-electron chi connectivity index (χ1n) is 16.2. The predicted octanol–water partition coefficient (Wildman–Crippen LogP) is 10.9. The smallest absolute Gasteiger partial charge is 0.162 e. The molecule has 239 valence electrons. The van der Waals surface area contributed by atoms with Gasteiger partial charge in [0.1, 0.15) is 11.2 Å². The number of ketones is 1. The molecule has 6 heteroatoms. The van der Waals surface area contributed by atoms with Crippen LogP contribution >= 0.6 is 0 Å². The molecule has 0 aliphatic heterocycles. The summed E-state index contributed by atoms with van der Waals surface area (Å²) in [7, 11) is 0. The summed E-state index contributed by atoms with van der Waals surface area (Å²) in [6.07, 6.45) is 6.85. The number of furan rings is 1. The number of aliphatic hydroxyl groups excluding tert-OH is 1. The van der Waals surface area contributed by atoms with Crippen molar-refractivity contribution in [2.75, 3.05) is 0 Å². The Morgan fingerprint density at radius 2 is 1.54 bits per heavy atom. The molecule has 5 nitrogen and oxygen atoms in total. The van der Waals surface area contributed by atoms with Crippen molar-refractivity contribution in [1.82, 2.24) is 9.38 Å². The topological polar surface area (TPSA) is 67.7 Å². The average molecular weight is 790 g/mol. The summed E-state index contributed by atoms with van der Waals surface area (Å²) in [4.78, 5) is 16.5. The molecule has 0 saturated carbocycles. The van der Waals surface area contributed by atoms with Gasteiger partial charge in [0.2, 0.25) is 0 Å². The number of fused-ring (bicyclic) bond motifs is 8. The van der Waals surface area contributed by atoms with E-state index in [1.807, 2.05) is 46.0 Å². The fourth-order valence-electron chi connectivity index (χ4n) is 6.61. The van der Waals surface area contributed by atoms with Gasteiger partial charge in [-0.25, -0.2) is 0 Å². The van der Waals surface area contributed by atoms with E-state index in [2.05, 4.69) is 72.8 Å². The Bertz CT molecular complexity index is 2180. The molecule has 0 saturated heterocycles. The average Bonchev–Trinajstić information content (AvgIpc) is 3.69. The molecule has 46 heavy (non-hydrogen) atoms. The molecule has 0 atom stereocenters. The van der Waals surface area contributed by atoms with E-state index in [1.165, 1.54) is 39.0 Å². The van der Waals surface area contributed by atoms with E-state index in [4.69, 9.17) is 9.40 Å². The summed E-state index contributed by atoms with van der Waals surface area (Å²) in [6, 6.07) is 24.7. The predicted molar refractivity (Wildman–Crippen MR) is 186 cm³/mol. The van der Waals surface area contributed by atoms with E-state index in [9.17, 15) is 9.90 Å². The third kappa shape index (κ3) is 5.63. The van der Waals surface area contributed by atoms with Gasteiger partial charge in [-0.05, 0) is 85.3 Å². The number of nitrogens with zero attached hydrogens (tertiary/aromatic N) is 2. The van der Waals surface area contributed by atoms with Gasteiger partial charge in [0.15, 0.2) is 5.78 Å². The van der Waals surface area contributed by atoms with Crippen LogP contribution < -0.4 is 0 Å². The Hall–Kier alpha value is -3.99. The maximum Gasteiger partial charge on any atom is 0.162 e. The summed E-state index contributed by atoms with van der Waals surface area (Å²) in [5, 5.41) is 14.4. The van der Waals surface area contributed by atoms with Gasteiger partial charge in [-0.3, -0.25) is 4.79 Å². The van der Waals surface area contributed by atoms with Gasteiger partial charge >= 0.3 is 0 Å². The molecule has 4 aromatic heterocycles. The molecular formula is C40H41IrN2O3-. The normalized spacial score (nSPS) is 12.1. The number of aromatic nitrogens is 2. The minimum Gasteiger partial charge on any atom is -0.512 e. The third-order valence-corrected chi connectivity index (χ3v) is 9.49. The number of benzene rings is 3. The van der Waals surface area contributed by atoms with Crippen LogP contribution in [0.15, 0.2) is 83.1 Å². The molecule has 1 N–H and O–H groups in total. The molecule has 0 amide bonds. The zero-order chi connectivity index (χ0) is 31.8. The summed E-state index contributed by atoms with van der Waals surface area (Å²) in [5.41, 5.74) is 9.65. The molecule has 4 heterocycles. The Balaban J connectivity index is 0.000000225. The van der Waals surface area contributed by atoms with E-state index < -0.39 is 0 Å². The van der Waals surface area contributed by atoms with E-state index in [0.717, 1.165) is 64.4 Å². The van der Waals surface area contributed by atoms with E-state index in [1.54, 1.807) is 0 Å². The van der Waals surface area contributed by atoms with Crippen molar-refractivity contribution in [2.45, 2.75) is 67.2 Å². The number of carbonyl (C=O) groups is 1. The first kappa shape index (κ1) is 33.4. The van der Waals surface area contributed by atoms with E-state index >= 15 is 0 Å². The van der Waals surface area contributed by atoms with Crippen LogP contribution in [0.5, 0.6) is 0 Å². The van der Waals surface area contributed by atoms with Gasteiger partial charge in [0.25, 0.3) is 0 Å². The van der Waals surface area contributed by atoms with Crippen LogP contribution in [-0.2, 0) is 24.9 Å². The van der Waals surface area contributed by atoms with Crippen molar-refractivity contribution < 1.29 is 34.4 Å². The Kier molecular flexibility index (Phi) is 10.0. The van der Waals surface area contributed by atoms with Gasteiger partial charge in [-0.1, -0.05) is 75.0 Å². The van der Waals surface area contributed by atoms with Crippen LogP contribution in [0.4, 0.5) is 0 Å². The molecule has 0 unspecified atom stereocenters. The number of para-hydroxylation sites is 2. The van der Waals surface area contributed by atoms with Crippen LogP contribution in [-0.4, -0.2) is 20.3 Å². The first-order chi connectivity index (χ1) is 21.8. The van der Waals surface area contributed by atoms with E-state index in [-0.39, 0.29) is 43.5 Å². The van der Waals surface area contributed by atoms with E-state index in [0.29, 0.717) is 0 Å². The quantitative estimate of drug-likeness (QED) is 0.0946. The molecule has 0 bridgehead atoms. The number of pyridine rings is 1. The molecule has 0 fully saturated rings. The van der Waals surface area contributed by atoms with Crippen molar-refractivity contribution in [3.63, 3.8) is 0 Å². The van der Waals surface area contributed by atoms with Gasteiger partial charge in [-0.2, -0.15) is 0 Å². The molecular weight excluding hydrogens is 749 g/mol. The zero-order valence-electron chi connectivity index (χ0n) is 27.4. The Morgan fingerprint density at radius 3 is 2.22 bits per heavy atom. The van der Waals surface area contributed by atoms with Crippen LogP contribution in [0.1, 0.15) is 64.5 Å². The Labute approximate surface area is 284 Å². The number of aryl methyl sites for hydroxylation is 2. The standard InChI is InChI=1S/C27H17N2O.C13H24O2.Ir/c1-15-13-21(28-14-16(15)2)19-12-11-18-17-7-3-5-9-22(17)29-25(18)24(19)27-26(29)20-8-4-6-10-23(20)30-27;1-5-10(6-2)12(14)9-13(15)11(7-3)8-4;/h3-11,13-14H,1-2H3;9-11,14H,5-8H2,1-4H3;/q-1;;/b;12-9-;. The second-order valence-corrected chi connectivity index (χ2v) is 12.1. The van der Waals surface area contributed by atoms with Crippen LogP contribution in [0.2, 0.25) is 0 Å². The van der Waals surface area contributed by atoms with Gasteiger partial charge in [0, 0.05) is 55.1 Å². The minimum atomic E-state index is 0. The van der Waals surface area contributed by atoms with Crippen molar-refractivity contribution in [1.29, 1.82) is 0 Å². The van der Waals surface area contributed by atoms with Crippen molar-refractivity contribution in [3.05, 3.63) is 95.9 Å². The summed E-state index contributed by atoms with van der Waals surface area (Å²) >= 11 is 0. The third-order valence-electron chi connectivity index (χ3n) is 9.49. The largest absolute Gasteiger partial charge is 0.512 e. The first-order valence-corrected chi connectivity index (χ1v) is 16.2. The summed E-state index contributed by atoms with van der Waals surface area (Å²) in [6.45, 7) is 12.3. The maximum atomic E-state index is 11.7. The van der Waals surface area contributed by atoms with Crippen molar-refractivity contribution in [2.24, 2.45) is 11.8 Å². The number of rotatable bonds is 8. The van der Waals surface area contributed by atoms with Gasteiger partial charge in [0.05, 0.1) is 11.3 Å². The number of aliphatic hydroxyl groups is 1. The summed E-state index contributed by atoms with van der Waals surface area (Å²) in [5.74, 6) is 0.547. The molecule has 3 aromatic carbocycles. The maximum absolute atomic E-state index is 11.7. The van der Waals surface area contributed by atoms with Crippen molar-refractivity contribution in [3.8, 4) is 11.3 Å². The van der Waals surface area contributed by atoms with Crippen molar-refractivity contribution >= 4 is 55.0 Å². The Morgan fingerprint density at radius 1 is 0.891 bits per heavy atom. The molecule has 0 spiro atoms. The van der Waals surface area contributed by atoms with Crippen LogP contribution in [0.25, 0.3) is 60.5 Å². The molecule has 7 rings (SSSR count). The minimum absolute atomic E-state index is 0. The summed E-state index contributed by atoms with van der Waals surface area (Å²) < 4.78 is 8.80. The van der Waals surface area contributed by atoms with Crippen LogP contribution in [0.3, 0.4) is 0 Å². The number of hydrogen-bond acceptors (Lipinski definition) is 4. The van der Waals surface area contributed by atoms with Gasteiger partial charge < -0.3 is 18.9 Å². The second-order valence-electron chi connectivity index (χ2n) is 12.1. The molecule has 7 aromatic rings. The number of hydrogen-bond donors (Lipinski definition) is 1. The number of carbonyl (C=O) groups excluding carboxylic acids is 1. The van der Waals surface area contributed by atoms with Gasteiger partial charge in [-0.15, -0.1) is 17.7 Å². The molecule has 0 aliphatic carbocycles. The second kappa shape index (κ2) is 13.8. The molecule has 1 radical (unpaired) electrons. The fourth-order valence-corrected chi connectivity index (χ4v) is 6.61. The fraction of sp³-hybridized carbons (Fsp3) is 0.300. The monoisotopic (exact) mass is 790 g/mol. The van der Waals surface area contributed by atoms with Crippen LogP contribution in [0, 0.1) is 31.7 Å². The zero-order valence-corrected chi connectivity index (χ0v) is 29.8. The SMILES string of the molecule is CCC(CC)C(=O)/C=C(\O)C(CC)CC.Cc1cnc(-c2[c-]cc3c4ccccc4n4c5c6ccccc6oc5c2c34)cc1C.[Ir].